The molecule has 112 valence electrons. The Kier molecular flexibility index (Phi) is 4.38. The lowest BCUT2D eigenvalue weighted by molar-refractivity contribution is 0.487. The van der Waals surface area contributed by atoms with Crippen molar-refractivity contribution in [3.63, 3.8) is 0 Å². The standard InChI is InChI=1S/C17H29N3/c1-12(2)14-7-6-8-20(14)16-10-13(11-18)9-15(19-16)17(3,4)5/h9-10,12,14H,6-8,11,18H2,1-5H3. The van der Waals surface area contributed by atoms with Gasteiger partial charge in [-0.15, -0.1) is 0 Å². The van der Waals surface area contributed by atoms with Crippen molar-refractivity contribution < 1.29 is 0 Å². The van der Waals surface area contributed by atoms with Crippen LogP contribution in [0.4, 0.5) is 5.82 Å². The summed E-state index contributed by atoms with van der Waals surface area (Å²) in [5.74, 6) is 1.79. The van der Waals surface area contributed by atoms with Crippen LogP contribution in [0.5, 0.6) is 0 Å². The molecule has 1 unspecified atom stereocenters. The van der Waals surface area contributed by atoms with Gasteiger partial charge in [-0.1, -0.05) is 34.6 Å². The molecule has 1 aliphatic heterocycles. The summed E-state index contributed by atoms with van der Waals surface area (Å²) in [4.78, 5) is 7.42. The van der Waals surface area contributed by atoms with E-state index in [-0.39, 0.29) is 5.41 Å². The molecule has 0 aromatic carbocycles. The van der Waals surface area contributed by atoms with Crippen LogP contribution in [0.2, 0.25) is 0 Å². The zero-order valence-corrected chi connectivity index (χ0v) is 13.6. The van der Waals surface area contributed by atoms with Crippen LogP contribution in [0.25, 0.3) is 0 Å². The summed E-state index contributed by atoms with van der Waals surface area (Å²) in [6.07, 6.45) is 2.54. The van der Waals surface area contributed by atoms with Crippen LogP contribution < -0.4 is 10.6 Å². The molecule has 1 atom stereocenters. The van der Waals surface area contributed by atoms with Crippen molar-refractivity contribution in [2.75, 3.05) is 11.4 Å². The second-order valence-electron chi connectivity index (χ2n) is 7.32. The largest absolute Gasteiger partial charge is 0.353 e. The second-order valence-corrected chi connectivity index (χ2v) is 7.32. The van der Waals surface area contributed by atoms with E-state index in [0.29, 0.717) is 18.5 Å². The highest BCUT2D eigenvalue weighted by atomic mass is 15.2. The number of nitrogens with zero attached hydrogens (tertiary/aromatic N) is 2. The molecule has 0 bridgehead atoms. The zero-order chi connectivity index (χ0) is 14.9. The Hall–Kier alpha value is -1.09. The van der Waals surface area contributed by atoms with Gasteiger partial charge < -0.3 is 10.6 Å². The van der Waals surface area contributed by atoms with Gasteiger partial charge in [0.25, 0.3) is 0 Å². The molecule has 1 fully saturated rings. The number of hydrogen-bond donors (Lipinski definition) is 1. The van der Waals surface area contributed by atoms with E-state index >= 15 is 0 Å². The molecule has 2 heterocycles. The van der Waals surface area contributed by atoms with Crippen molar-refractivity contribution >= 4 is 5.82 Å². The summed E-state index contributed by atoms with van der Waals surface area (Å²) in [6, 6.07) is 4.95. The van der Waals surface area contributed by atoms with Gasteiger partial charge >= 0.3 is 0 Å². The van der Waals surface area contributed by atoms with E-state index in [0.717, 1.165) is 18.1 Å². The molecule has 2 rings (SSSR count). The van der Waals surface area contributed by atoms with Gasteiger partial charge in [-0.25, -0.2) is 4.98 Å². The first-order chi connectivity index (χ1) is 9.32. The van der Waals surface area contributed by atoms with Crippen LogP contribution in [0.15, 0.2) is 12.1 Å². The monoisotopic (exact) mass is 275 g/mol. The van der Waals surface area contributed by atoms with Crippen LogP contribution >= 0.6 is 0 Å². The third-order valence-electron chi connectivity index (χ3n) is 4.24. The molecular formula is C17H29N3. The zero-order valence-electron chi connectivity index (χ0n) is 13.6. The van der Waals surface area contributed by atoms with Crippen LogP contribution in [0.1, 0.15) is 58.7 Å². The number of aromatic nitrogens is 1. The van der Waals surface area contributed by atoms with E-state index in [1.165, 1.54) is 18.4 Å². The molecule has 0 spiro atoms. The predicted molar refractivity (Wildman–Crippen MR) is 86.0 cm³/mol. The summed E-state index contributed by atoms with van der Waals surface area (Å²) < 4.78 is 0. The highest BCUT2D eigenvalue weighted by molar-refractivity contribution is 5.46. The topological polar surface area (TPSA) is 42.1 Å². The summed E-state index contributed by atoms with van der Waals surface area (Å²) in [5, 5.41) is 0. The Labute approximate surface area is 123 Å². The minimum Gasteiger partial charge on any atom is -0.353 e. The van der Waals surface area contributed by atoms with Crippen LogP contribution in [0.3, 0.4) is 0 Å². The number of pyridine rings is 1. The fourth-order valence-electron chi connectivity index (χ4n) is 2.99. The average molecular weight is 275 g/mol. The Morgan fingerprint density at radius 1 is 1.35 bits per heavy atom. The maximum absolute atomic E-state index is 5.88. The van der Waals surface area contributed by atoms with Crippen molar-refractivity contribution in [2.24, 2.45) is 11.7 Å². The van der Waals surface area contributed by atoms with Gasteiger partial charge in [-0.3, -0.25) is 0 Å². The Bertz CT molecular complexity index is 460. The van der Waals surface area contributed by atoms with E-state index in [4.69, 9.17) is 10.7 Å². The smallest absolute Gasteiger partial charge is 0.129 e. The fraction of sp³-hybridized carbons (Fsp3) is 0.706. The maximum Gasteiger partial charge on any atom is 0.129 e. The summed E-state index contributed by atoms with van der Waals surface area (Å²) in [7, 11) is 0. The molecule has 0 amide bonds. The van der Waals surface area contributed by atoms with Crippen LogP contribution in [0, 0.1) is 5.92 Å². The highest BCUT2D eigenvalue weighted by Crippen LogP contribution is 2.31. The SMILES string of the molecule is CC(C)C1CCCN1c1cc(CN)cc(C(C)(C)C)n1. The number of hydrogen-bond acceptors (Lipinski definition) is 3. The van der Waals surface area contributed by atoms with Crippen molar-refractivity contribution in [3.8, 4) is 0 Å². The van der Waals surface area contributed by atoms with E-state index in [1.54, 1.807) is 0 Å². The number of nitrogens with two attached hydrogens (primary N) is 1. The van der Waals surface area contributed by atoms with E-state index in [1.807, 2.05) is 0 Å². The summed E-state index contributed by atoms with van der Waals surface area (Å²) in [5.41, 5.74) is 8.27. The van der Waals surface area contributed by atoms with Crippen LogP contribution in [-0.2, 0) is 12.0 Å². The van der Waals surface area contributed by atoms with E-state index in [9.17, 15) is 0 Å². The molecule has 2 N–H and O–H groups in total. The molecule has 0 aliphatic carbocycles. The van der Waals surface area contributed by atoms with Gasteiger partial charge in [0.05, 0.1) is 0 Å². The van der Waals surface area contributed by atoms with Gasteiger partial charge in [-0.05, 0) is 36.5 Å². The van der Waals surface area contributed by atoms with Crippen molar-refractivity contribution in [2.45, 2.75) is 65.5 Å². The minimum atomic E-state index is 0.0625. The maximum atomic E-state index is 5.88. The molecule has 3 nitrogen and oxygen atoms in total. The van der Waals surface area contributed by atoms with E-state index in [2.05, 4.69) is 51.7 Å². The van der Waals surface area contributed by atoms with Crippen molar-refractivity contribution in [1.82, 2.24) is 4.98 Å². The number of anilines is 1. The first-order valence-electron chi connectivity index (χ1n) is 7.81. The molecule has 1 saturated heterocycles. The Balaban J connectivity index is 2.40. The summed E-state index contributed by atoms with van der Waals surface area (Å²) in [6.45, 7) is 12.9. The molecule has 0 saturated carbocycles. The van der Waals surface area contributed by atoms with Gasteiger partial charge in [0, 0.05) is 30.2 Å². The minimum absolute atomic E-state index is 0.0625. The third kappa shape index (κ3) is 3.14. The molecule has 3 heteroatoms. The van der Waals surface area contributed by atoms with Gasteiger partial charge in [0.15, 0.2) is 0 Å². The van der Waals surface area contributed by atoms with Gasteiger partial charge in [0.1, 0.15) is 5.82 Å². The Morgan fingerprint density at radius 3 is 2.60 bits per heavy atom. The molecule has 1 aliphatic rings. The average Bonchev–Trinajstić information content (AvgIpc) is 2.86. The predicted octanol–water partition coefficient (Wildman–Crippen LogP) is 3.46. The lowest BCUT2D eigenvalue weighted by Gasteiger charge is -2.30. The fourth-order valence-corrected chi connectivity index (χ4v) is 2.99. The molecule has 0 radical (unpaired) electrons. The summed E-state index contributed by atoms with van der Waals surface area (Å²) >= 11 is 0. The molecular weight excluding hydrogens is 246 g/mol. The van der Waals surface area contributed by atoms with Crippen molar-refractivity contribution in [3.05, 3.63) is 23.4 Å². The molecule has 1 aromatic heterocycles. The highest BCUT2D eigenvalue weighted by Gasteiger charge is 2.29. The van der Waals surface area contributed by atoms with Crippen LogP contribution in [-0.4, -0.2) is 17.6 Å². The van der Waals surface area contributed by atoms with Crippen molar-refractivity contribution in [1.29, 1.82) is 0 Å². The first-order valence-corrected chi connectivity index (χ1v) is 7.81. The van der Waals surface area contributed by atoms with Gasteiger partial charge in [0.2, 0.25) is 0 Å². The first kappa shape index (κ1) is 15.3. The lowest BCUT2D eigenvalue weighted by Crippen LogP contribution is -2.34. The van der Waals surface area contributed by atoms with Gasteiger partial charge in [-0.2, -0.15) is 0 Å². The van der Waals surface area contributed by atoms with E-state index < -0.39 is 0 Å². The lowest BCUT2D eigenvalue weighted by atomic mass is 9.90. The third-order valence-corrected chi connectivity index (χ3v) is 4.24. The number of rotatable bonds is 3. The normalized spacial score (nSPS) is 19.9. The second kappa shape index (κ2) is 5.72. The molecule has 20 heavy (non-hydrogen) atoms. The quantitative estimate of drug-likeness (QED) is 0.918. The molecule has 1 aromatic rings. The Morgan fingerprint density at radius 2 is 2.05 bits per heavy atom.